The van der Waals surface area contributed by atoms with Gasteiger partial charge in [0.2, 0.25) is 0 Å². The Kier molecular flexibility index (Phi) is 4.24. The zero-order valence-electron chi connectivity index (χ0n) is 10.3. The Morgan fingerprint density at radius 1 is 1.00 bits per heavy atom. The van der Waals surface area contributed by atoms with Gasteiger partial charge in [0.1, 0.15) is 10.8 Å². The minimum absolute atomic E-state index is 0.0188. The van der Waals surface area contributed by atoms with Crippen LogP contribution in [0.3, 0.4) is 0 Å². The van der Waals surface area contributed by atoms with Crippen molar-refractivity contribution in [3.8, 4) is 0 Å². The summed E-state index contributed by atoms with van der Waals surface area (Å²) in [4.78, 5) is -0.0188. The molecule has 2 aromatic rings. The van der Waals surface area contributed by atoms with Crippen molar-refractivity contribution in [2.75, 3.05) is 5.32 Å². The summed E-state index contributed by atoms with van der Waals surface area (Å²) in [7, 11) is 0. The van der Waals surface area contributed by atoms with Gasteiger partial charge in [-0.3, -0.25) is 0 Å². The maximum absolute atomic E-state index is 13.6. The number of rotatable bonds is 4. The monoisotopic (exact) mass is 296 g/mol. The maximum atomic E-state index is 13.6. The predicted molar refractivity (Wildman–Crippen MR) is 76.0 cm³/mol. The maximum Gasteiger partial charge on any atom is 0.159 e. The minimum Gasteiger partial charge on any atom is -0.389 e. The molecular weight excluding hydrogens is 285 g/mol. The fourth-order valence-electron chi connectivity index (χ4n) is 1.68. The molecule has 0 unspecified atom stereocenters. The second-order valence-electron chi connectivity index (χ2n) is 4.16. The van der Waals surface area contributed by atoms with E-state index < -0.39 is 17.5 Å². The van der Waals surface area contributed by atoms with E-state index in [0.717, 1.165) is 12.1 Å². The summed E-state index contributed by atoms with van der Waals surface area (Å²) in [6, 6.07) is 7.90. The average molecular weight is 296 g/mol. The zero-order chi connectivity index (χ0) is 14.7. The minimum atomic E-state index is -0.917. The molecule has 0 fully saturated rings. The summed E-state index contributed by atoms with van der Waals surface area (Å²) in [6.45, 7) is 0.239. The summed E-state index contributed by atoms with van der Waals surface area (Å²) in [5.41, 5.74) is 6.56. The molecule has 0 bridgehead atoms. The van der Waals surface area contributed by atoms with Gasteiger partial charge in [0, 0.05) is 17.8 Å². The van der Waals surface area contributed by atoms with E-state index >= 15 is 0 Å². The van der Waals surface area contributed by atoms with Gasteiger partial charge in [0.05, 0.1) is 0 Å². The van der Waals surface area contributed by atoms with Gasteiger partial charge in [-0.25, -0.2) is 13.2 Å². The first-order chi connectivity index (χ1) is 9.47. The van der Waals surface area contributed by atoms with Crippen LogP contribution in [0.15, 0.2) is 36.4 Å². The lowest BCUT2D eigenvalue weighted by atomic mass is 10.1. The van der Waals surface area contributed by atoms with Gasteiger partial charge in [0.25, 0.3) is 0 Å². The van der Waals surface area contributed by atoms with Crippen LogP contribution in [0.4, 0.5) is 18.9 Å². The van der Waals surface area contributed by atoms with Gasteiger partial charge in [0.15, 0.2) is 11.6 Å². The lowest BCUT2D eigenvalue weighted by molar-refractivity contribution is 0.507. The van der Waals surface area contributed by atoms with Gasteiger partial charge in [-0.1, -0.05) is 18.3 Å². The molecule has 6 heteroatoms. The molecule has 0 atom stereocenters. The van der Waals surface area contributed by atoms with E-state index in [-0.39, 0.29) is 17.1 Å². The molecule has 0 radical (unpaired) electrons. The Morgan fingerprint density at radius 2 is 1.75 bits per heavy atom. The molecule has 0 saturated heterocycles. The van der Waals surface area contributed by atoms with Crippen LogP contribution in [0.25, 0.3) is 0 Å². The van der Waals surface area contributed by atoms with Crippen molar-refractivity contribution in [1.29, 1.82) is 0 Å². The van der Waals surface area contributed by atoms with E-state index in [1.807, 2.05) is 0 Å². The molecule has 0 aliphatic heterocycles. The normalized spacial score (nSPS) is 10.3. The highest BCUT2D eigenvalue weighted by Crippen LogP contribution is 2.16. The molecule has 20 heavy (non-hydrogen) atoms. The third-order valence-electron chi connectivity index (χ3n) is 2.72. The van der Waals surface area contributed by atoms with Crippen molar-refractivity contribution in [3.63, 3.8) is 0 Å². The molecule has 0 heterocycles. The van der Waals surface area contributed by atoms with E-state index in [4.69, 9.17) is 18.0 Å². The smallest absolute Gasteiger partial charge is 0.159 e. The highest BCUT2D eigenvalue weighted by molar-refractivity contribution is 7.80. The second kappa shape index (κ2) is 5.92. The molecule has 3 N–H and O–H groups in total. The quantitative estimate of drug-likeness (QED) is 0.850. The topological polar surface area (TPSA) is 38.0 Å². The number of hydrogen-bond donors (Lipinski definition) is 2. The Bertz CT molecular complexity index is 659. The Labute approximate surface area is 119 Å². The molecule has 2 aromatic carbocycles. The molecule has 2 rings (SSSR count). The summed E-state index contributed by atoms with van der Waals surface area (Å²) in [5.74, 6) is -2.35. The number of nitrogens with two attached hydrogens (primary N) is 1. The lowest BCUT2D eigenvalue weighted by Crippen LogP contribution is -2.12. The van der Waals surface area contributed by atoms with E-state index in [2.05, 4.69) is 5.32 Å². The number of nitrogens with one attached hydrogen (secondary N) is 1. The van der Waals surface area contributed by atoms with Gasteiger partial charge in [-0.15, -0.1) is 0 Å². The molecular formula is C14H11F3N2S. The molecule has 0 spiro atoms. The Hall–Kier alpha value is -2.08. The van der Waals surface area contributed by atoms with Crippen molar-refractivity contribution < 1.29 is 13.2 Å². The van der Waals surface area contributed by atoms with E-state index in [1.54, 1.807) is 6.07 Å². The van der Waals surface area contributed by atoms with Crippen LogP contribution in [-0.4, -0.2) is 4.99 Å². The SMILES string of the molecule is NC(=S)c1ccc(NCc2ccc(F)c(F)c2)cc1F. The largest absolute Gasteiger partial charge is 0.389 e. The number of benzene rings is 2. The third kappa shape index (κ3) is 3.27. The van der Waals surface area contributed by atoms with E-state index in [0.29, 0.717) is 11.3 Å². The van der Waals surface area contributed by atoms with Crippen LogP contribution in [-0.2, 0) is 6.54 Å². The Morgan fingerprint density at radius 3 is 2.35 bits per heavy atom. The van der Waals surface area contributed by atoms with Crippen molar-refractivity contribution in [3.05, 3.63) is 65.0 Å². The number of hydrogen-bond acceptors (Lipinski definition) is 2. The number of anilines is 1. The van der Waals surface area contributed by atoms with Crippen molar-refractivity contribution in [2.45, 2.75) is 6.54 Å². The fourth-order valence-corrected chi connectivity index (χ4v) is 1.84. The highest BCUT2D eigenvalue weighted by atomic mass is 32.1. The van der Waals surface area contributed by atoms with E-state index in [1.165, 1.54) is 18.2 Å². The molecule has 0 aliphatic carbocycles. The van der Waals surface area contributed by atoms with E-state index in [9.17, 15) is 13.2 Å². The molecule has 104 valence electrons. The number of halogens is 3. The van der Waals surface area contributed by atoms with Crippen LogP contribution in [0, 0.1) is 17.5 Å². The van der Waals surface area contributed by atoms with Crippen LogP contribution >= 0.6 is 12.2 Å². The van der Waals surface area contributed by atoms with Crippen molar-refractivity contribution in [1.82, 2.24) is 0 Å². The summed E-state index contributed by atoms with van der Waals surface area (Å²) < 4.78 is 39.4. The van der Waals surface area contributed by atoms with Crippen LogP contribution in [0.1, 0.15) is 11.1 Å². The average Bonchev–Trinajstić information content (AvgIpc) is 2.40. The first-order valence-electron chi connectivity index (χ1n) is 5.74. The molecule has 0 aromatic heterocycles. The lowest BCUT2D eigenvalue weighted by Gasteiger charge is -2.08. The molecule has 0 aliphatic rings. The zero-order valence-corrected chi connectivity index (χ0v) is 11.1. The molecule has 0 amide bonds. The third-order valence-corrected chi connectivity index (χ3v) is 2.94. The first-order valence-corrected chi connectivity index (χ1v) is 6.15. The number of thiocarbonyl (C=S) groups is 1. The van der Waals surface area contributed by atoms with Crippen LogP contribution in [0.5, 0.6) is 0 Å². The Balaban J connectivity index is 2.09. The molecule has 2 nitrogen and oxygen atoms in total. The summed E-state index contributed by atoms with van der Waals surface area (Å²) in [5, 5.41) is 2.90. The summed E-state index contributed by atoms with van der Waals surface area (Å²) in [6.07, 6.45) is 0. The van der Waals surface area contributed by atoms with Crippen molar-refractivity contribution >= 4 is 22.9 Å². The van der Waals surface area contributed by atoms with Gasteiger partial charge < -0.3 is 11.1 Å². The van der Waals surface area contributed by atoms with Crippen LogP contribution in [0.2, 0.25) is 0 Å². The predicted octanol–water partition coefficient (Wildman–Crippen LogP) is 3.35. The van der Waals surface area contributed by atoms with Gasteiger partial charge >= 0.3 is 0 Å². The first kappa shape index (κ1) is 14.3. The standard InChI is InChI=1S/C14H11F3N2S/c15-11-4-1-8(5-13(11)17)7-19-9-2-3-10(14(18)20)12(16)6-9/h1-6,19H,7H2,(H2,18,20). The summed E-state index contributed by atoms with van der Waals surface area (Å²) >= 11 is 4.70. The highest BCUT2D eigenvalue weighted by Gasteiger charge is 2.06. The fraction of sp³-hybridized carbons (Fsp3) is 0.0714. The second-order valence-corrected chi connectivity index (χ2v) is 4.60. The van der Waals surface area contributed by atoms with Gasteiger partial charge in [-0.05, 0) is 35.9 Å². The molecule has 0 saturated carbocycles. The van der Waals surface area contributed by atoms with Gasteiger partial charge in [-0.2, -0.15) is 0 Å². The van der Waals surface area contributed by atoms with Crippen molar-refractivity contribution in [2.24, 2.45) is 5.73 Å². The van der Waals surface area contributed by atoms with Crippen LogP contribution < -0.4 is 11.1 Å².